The first-order chi connectivity index (χ1) is 24.3. The van der Waals surface area contributed by atoms with Crippen LogP contribution in [0.25, 0.3) is 22.3 Å². The van der Waals surface area contributed by atoms with Crippen LogP contribution in [0, 0.1) is 5.92 Å². The minimum absolute atomic E-state index is 0.0209. The Hall–Kier alpha value is -4.07. The van der Waals surface area contributed by atoms with Gasteiger partial charge in [0.1, 0.15) is 34.9 Å². The van der Waals surface area contributed by atoms with E-state index in [9.17, 15) is 9.59 Å². The van der Waals surface area contributed by atoms with Crippen molar-refractivity contribution in [3.8, 4) is 22.9 Å². The van der Waals surface area contributed by atoms with E-state index in [1.54, 1.807) is 25.9 Å². The molecule has 1 aliphatic heterocycles. The number of nitrogens with zero attached hydrogens (tertiary/aromatic N) is 4. The predicted octanol–water partition coefficient (Wildman–Crippen LogP) is 6.35. The lowest BCUT2D eigenvalue weighted by Crippen LogP contribution is -2.55. The molecule has 3 aliphatic rings. The number of aromatic nitrogens is 2. The minimum atomic E-state index is -1.14. The van der Waals surface area contributed by atoms with Crippen LogP contribution >= 0.6 is 11.3 Å². The number of pyridine rings is 1. The molecule has 3 fully saturated rings. The van der Waals surface area contributed by atoms with Crippen LogP contribution in [0.5, 0.6) is 11.5 Å². The molecule has 1 unspecified atom stereocenters. The highest BCUT2D eigenvalue weighted by Crippen LogP contribution is 2.44. The van der Waals surface area contributed by atoms with E-state index in [0.29, 0.717) is 28.4 Å². The zero-order chi connectivity index (χ0) is 36.5. The van der Waals surface area contributed by atoms with Gasteiger partial charge in [-0.3, -0.25) is 14.6 Å². The number of nitrogens with one attached hydrogen (secondary N) is 2. The van der Waals surface area contributed by atoms with Crippen molar-refractivity contribution in [2.75, 3.05) is 19.0 Å². The molecule has 2 saturated carbocycles. The summed E-state index contributed by atoms with van der Waals surface area (Å²) in [7, 11) is 1.61. The Bertz CT molecular complexity index is 1770. The molecule has 3 heterocycles. The molecule has 0 spiro atoms. The second-order valence-electron chi connectivity index (χ2n) is 14.9. The number of benzene rings is 1. The Labute approximate surface area is 303 Å². The van der Waals surface area contributed by atoms with Crippen LogP contribution in [0.15, 0.2) is 47.3 Å². The Morgan fingerprint density at radius 1 is 1.16 bits per heavy atom. The molecule has 2 aliphatic carbocycles. The van der Waals surface area contributed by atoms with E-state index in [2.05, 4.69) is 42.8 Å². The number of fused-ring (bicyclic) bond motifs is 1. The standard InChI is InChI=1S/C38H50N6O6S/c1-9-23-19-38(23,6)43-34(45)31-17-26(20-44(31)35(46)33(39-7)37(4,5)50-49-24-12-10-11-13-24)48-32-18-29(30-21-51-36(42-30)40-22(2)3)41-28-16-25(47-8)14-15-27(28)32/h9,14-16,18,21-24,26,31,33H,1,7,10-13,17,19-20H2,2-6,8H3,(H,40,42)(H,43,45)/t23?,26-,31+,33-,38-/m1/s1. The third kappa shape index (κ3) is 8.05. The van der Waals surface area contributed by atoms with Crippen molar-refractivity contribution in [2.45, 2.75) is 115 Å². The predicted molar refractivity (Wildman–Crippen MR) is 199 cm³/mol. The van der Waals surface area contributed by atoms with Gasteiger partial charge in [0.05, 0.1) is 31.0 Å². The van der Waals surface area contributed by atoms with Gasteiger partial charge in [-0.2, -0.15) is 0 Å². The Balaban J connectivity index is 1.29. The fourth-order valence-corrected chi connectivity index (χ4v) is 7.87. The number of aliphatic imine (C=N–C) groups is 1. The van der Waals surface area contributed by atoms with Gasteiger partial charge in [-0.05, 0) is 72.7 Å². The number of methoxy groups -OCH3 is 1. The lowest BCUT2D eigenvalue weighted by Gasteiger charge is -2.34. The third-order valence-corrected chi connectivity index (χ3v) is 10.8. The van der Waals surface area contributed by atoms with Crippen LogP contribution in [-0.4, -0.2) is 88.5 Å². The highest BCUT2D eigenvalue weighted by atomic mass is 32.1. The molecular formula is C38H50N6O6S. The van der Waals surface area contributed by atoms with E-state index in [1.165, 1.54) is 11.3 Å². The minimum Gasteiger partial charge on any atom is -0.497 e. The molecule has 3 aromatic rings. The normalized spacial score (nSPS) is 24.1. The molecule has 2 N–H and O–H groups in total. The molecule has 12 nitrogen and oxygen atoms in total. The number of hydrogen-bond donors (Lipinski definition) is 2. The number of hydrogen-bond acceptors (Lipinski definition) is 11. The molecule has 5 atom stereocenters. The third-order valence-electron chi connectivity index (χ3n) is 10.1. The van der Waals surface area contributed by atoms with Gasteiger partial charge in [-0.15, -0.1) is 17.9 Å². The van der Waals surface area contributed by atoms with Crippen LogP contribution in [0.3, 0.4) is 0 Å². The van der Waals surface area contributed by atoms with Gasteiger partial charge >= 0.3 is 0 Å². The van der Waals surface area contributed by atoms with Gasteiger partial charge in [0.2, 0.25) is 5.91 Å². The lowest BCUT2D eigenvalue weighted by atomic mass is 9.97. The number of amides is 2. The number of anilines is 1. The summed E-state index contributed by atoms with van der Waals surface area (Å²) in [5, 5.41) is 10.1. The Morgan fingerprint density at radius 2 is 1.92 bits per heavy atom. The van der Waals surface area contributed by atoms with Crippen molar-refractivity contribution < 1.29 is 28.8 Å². The zero-order valence-corrected chi connectivity index (χ0v) is 31.3. The highest BCUT2D eigenvalue weighted by molar-refractivity contribution is 7.14. The summed E-state index contributed by atoms with van der Waals surface area (Å²) < 4.78 is 12.3. The smallest absolute Gasteiger partial charge is 0.251 e. The zero-order valence-electron chi connectivity index (χ0n) is 30.4. The average Bonchev–Trinajstić information content (AvgIpc) is 3.60. The fourth-order valence-electron chi connectivity index (χ4n) is 7.02. The first-order valence-electron chi connectivity index (χ1n) is 17.8. The first-order valence-corrected chi connectivity index (χ1v) is 18.7. The van der Waals surface area contributed by atoms with Crippen LogP contribution < -0.4 is 20.1 Å². The van der Waals surface area contributed by atoms with Gasteiger partial charge in [0.15, 0.2) is 11.2 Å². The maximum Gasteiger partial charge on any atom is 0.251 e. The lowest BCUT2D eigenvalue weighted by molar-refractivity contribution is -0.377. The summed E-state index contributed by atoms with van der Waals surface area (Å²) in [4.78, 5) is 55.5. The van der Waals surface area contributed by atoms with Crippen LogP contribution in [0.1, 0.15) is 73.1 Å². The largest absolute Gasteiger partial charge is 0.497 e. The van der Waals surface area contributed by atoms with Crippen LogP contribution in [-0.2, 0) is 19.4 Å². The van der Waals surface area contributed by atoms with E-state index in [0.717, 1.165) is 42.6 Å². The van der Waals surface area contributed by atoms with Crippen molar-refractivity contribution in [3.05, 3.63) is 42.3 Å². The number of rotatable bonds is 15. The summed E-state index contributed by atoms with van der Waals surface area (Å²) in [6, 6.07) is 5.88. The van der Waals surface area contributed by atoms with Crippen molar-refractivity contribution >= 4 is 45.9 Å². The van der Waals surface area contributed by atoms with E-state index in [-0.39, 0.29) is 42.8 Å². The molecule has 2 amide bonds. The van der Waals surface area contributed by atoms with Crippen molar-refractivity contribution in [1.29, 1.82) is 0 Å². The number of carbonyl (C=O) groups excluding carboxylic acids is 2. The molecule has 13 heteroatoms. The quantitative estimate of drug-likeness (QED) is 0.0797. The molecule has 51 heavy (non-hydrogen) atoms. The summed E-state index contributed by atoms with van der Waals surface area (Å²) in [6.45, 7) is 17.5. The Kier molecular flexibility index (Phi) is 10.7. The number of likely N-dealkylation sites (tertiary alicyclic amines) is 1. The number of thiazole rings is 1. The summed E-state index contributed by atoms with van der Waals surface area (Å²) in [6.07, 6.45) is 6.35. The maximum absolute atomic E-state index is 14.4. The van der Waals surface area contributed by atoms with Crippen molar-refractivity contribution in [3.63, 3.8) is 0 Å². The molecule has 274 valence electrons. The van der Waals surface area contributed by atoms with Crippen LogP contribution in [0.2, 0.25) is 0 Å². The van der Waals surface area contributed by atoms with E-state index >= 15 is 0 Å². The SMILES string of the molecule is C=CC1C[C@@]1(C)NC(=O)[C@@H]1C[C@@H](Oc2cc(-c3csc(NC(C)C)n3)nc3cc(OC)ccc23)CN1C(=O)[C@@H](N=C)C(C)(C)OOC1CCCC1. The van der Waals surface area contributed by atoms with Gasteiger partial charge in [-0.25, -0.2) is 19.7 Å². The Morgan fingerprint density at radius 3 is 2.59 bits per heavy atom. The molecule has 0 bridgehead atoms. The maximum atomic E-state index is 14.4. The second-order valence-corrected chi connectivity index (χ2v) is 15.8. The molecule has 1 saturated heterocycles. The van der Waals surface area contributed by atoms with E-state index < -0.39 is 29.3 Å². The topological polar surface area (TPSA) is 136 Å². The molecule has 0 radical (unpaired) electrons. The molecular weight excluding hydrogens is 669 g/mol. The van der Waals surface area contributed by atoms with Crippen molar-refractivity contribution in [2.24, 2.45) is 10.9 Å². The van der Waals surface area contributed by atoms with Gasteiger partial charge < -0.3 is 25.0 Å². The summed E-state index contributed by atoms with van der Waals surface area (Å²) in [5.74, 6) is 0.763. The molecule has 2 aromatic heterocycles. The van der Waals surface area contributed by atoms with Crippen molar-refractivity contribution in [1.82, 2.24) is 20.2 Å². The summed E-state index contributed by atoms with van der Waals surface area (Å²) in [5.41, 5.74) is 0.459. The number of ether oxygens (including phenoxy) is 2. The average molecular weight is 719 g/mol. The second kappa shape index (κ2) is 14.9. The monoisotopic (exact) mass is 718 g/mol. The van der Waals surface area contributed by atoms with E-state index in [1.807, 2.05) is 42.6 Å². The molecule has 1 aromatic carbocycles. The van der Waals surface area contributed by atoms with Gasteiger partial charge in [0.25, 0.3) is 5.91 Å². The van der Waals surface area contributed by atoms with Gasteiger partial charge in [0, 0.05) is 46.8 Å². The number of carbonyl (C=O) groups is 2. The highest BCUT2D eigenvalue weighted by Gasteiger charge is 2.53. The fraction of sp³-hybridized carbons (Fsp3) is 0.553. The van der Waals surface area contributed by atoms with Gasteiger partial charge in [-0.1, -0.05) is 18.9 Å². The van der Waals surface area contributed by atoms with Crippen LogP contribution in [0.4, 0.5) is 5.13 Å². The first kappa shape index (κ1) is 36.7. The van der Waals surface area contributed by atoms with E-state index in [4.69, 9.17) is 29.2 Å². The summed E-state index contributed by atoms with van der Waals surface area (Å²) >= 11 is 1.50. The molecule has 6 rings (SSSR count).